The van der Waals surface area contributed by atoms with Gasteiger partial charge in [-0.15, -0.1) is 12.4 Å². The third kappa shape index (κ3) is 5.53. The molecule has 0 aliphatic heterocycles. The number of carbonyl (C=O) groups excluding carboxylic acids is 2. The second-order valence-corrected chi connectivity index (χ2v) is 5.35. The Morgan fingerprint density at radius 3 is 2.38 bits per heavy atom. The zero-order valence-electron chi connectivity index (χ0n) is 11.5. The van der Waals surface area contributed by atoms with Gasteiger partial charge in [0.25, 0.3) is 0 Å². The average molecular weight is 332 g/mol. The van der Waals surface area contributed by atoms with Crippen molar-refractivity contribution in [2.75, 3.05) is 13.1 Å². The Morgan fingerprint density at radius 1 is 1.24 bits per heavy atom. The molecule has 1 aromatic carbocycles. The standard InChI is InChI=1S/C14H18ClN3O2.ClH/c15-11-5-3-10(4-6-11)14(9-1-2-9)18-13(20)8-17-12(19)7-16;/h3-6,9,14H,1-2,7-8,16H2,(H,17,19)(H,18,20);1H. The monoisotopic (exact) mass is 331 g/mol. The Labute approximate surface area is 135 Å². The van der Waals surface area contributed by atoms with Crippen LogP contribution in [-0.4, -0.2) is 24.9 Å². The zero-order chi connectivity index (χ0) is 14.5. The van der Waals surface area contributed by atoms with E-state index in [2.05, 4.69) is 10.6 Å². The molecule has 0 radical (unpaired) electrons. The molecule has 1 aliphatic rings. The van der Waals surface area contributed by atoms with E-state index >= 15 is 0 Å². The topological polar surface area (TPSA) is 84.2 Å². The van der Waals surface area contributed by atoms with Gasteiger partial charge in [-0.25, -0.2) is 0 Å². The molecule has 21 heavy (non-hydrogen) atoms. The van der Waals surface area contributed by atoms with Crippen molar-refractivity contribution in [3.63, 3.8) is 0 Å². The summed E-state index contributed by atoms with van der Waals surface area (Å²) < 4.78 is 0. The SMILES string of the molecule is Cl.NCC(=O)NCC(=O)NC(c1ccc(Cl)cc1)C1CC1. The lowest BCUT2D eigenvalue weighted by molar-refractivity contribution is -0.125. The Kier molecular flexibility index (Phi) is 6.95. The molecule has 1 unspecified atom stereocenters. The summed E-state index contributed by atoms with van der Waals surface area (Å²) >= 11 is 5.87. The predicted molar refractivity (Wildman–Crippen MR) is 84.4 cm³/mol. The van der Waals surface area contributed by atoms with Gasteiger partial charge in [-0.3, -0.25) is 9.59 Å². The number of carbonyl (C=O) groups is 2. The van der Waals surface area contributed by atoms with Crippen LogP contribution in [0.1, 0.15) is 24.4 Å². The first-order valence-corrected chi connectivity index (χ1v) is 6.99. The molecule has 0 saturated heterocycles. The zero-order valence-corrected chi connectivity index (χ0v) is 13.0. The molecule has 7 heteroatoms. The average Bonchev–Trinajstić information content (AvgIpc) is 3.27. The smallest absolute Gasteiger partial charge is 0.239 e. The van der Waals surface area contributed by atoms with Crippen LogP contribution in [0, 0.1) is 5.92 Å². The van der Waals surface area contributed by atoms with Gasteiger partial charge in [0.15, 0.2) is 0 Å². The van der Waals surface area contributed by atoms with Gasteiger partial charge in [0.05, 0.1) is 19.1 Å². The van der Waals surface area contributed by atoms with Crippen molar-refractivity contribution in [2.45, 2.75) is 18.9 Å². The number of halogens is 2. The van der Waals surface area contributed by atoms with Gasteiger partial charge in [0.1, 0.15) is 0 Å². The fourth-order valence-electron chi connectivity index (χ4n) is 2.05. The summed E-state index contributed by atoms with van der Waals surface area (Å²) in [7, 11) is 0. The van der Waals surface area contributed by atoms with Crippen LogP contribution in [-0.2, 0) is 9.59 Å². The van der Waals surface area contributed by atoms with Crippen LogP contribution in [0.15, 0.2) is 24.3 Å². The van der Waals surface area contributed by atoms with Gasteiger partial charge in [0, 0.05) is 5.02 Å². The maximum absolute atomic E-state index is 11.9. The summed E-state index contributed by atoms with van der Waals surface area (Å²) in [6.07, 6.45) is 2.20. The summed E-state index contributed by atoms with van der Waals surface area (Å²) in [6.45, 7) is -0.163. The molecular weight excluding hydrogens is 313 g/mol. The predicted octanol–water partition coefficient (Wildman–Crippen LogP) is 1.40. The van der Waals surface area contributed by atoms with E-state index in [1.165, 1.54) is 0 Å². The second-order valence-electron chi connectivity index (χ2n) is 4.92. The van der Waals surface area contributed by atoms with Crippen LogP contribution in [0.5, 0.6) is 0 Å². The molecule has 1 atom stereocenters. The summed E-state index contributed by atoms with van der Waals surface area (Å²) in [4.78, 5) is 22.9. The number of hydrogen-bond acceptors (Lipinski definition) is 3. The Hall–Kier alpha value is -1.30. The van der Waals surface area contributed by atoms with Gasteiger partial charge in [0.2, 0.25) is 11.8 Å². The Morgan fingerprint density at radius 2 is 1.86 bits per heavy atom. The Bertz CT molecular complexity index is 489. The highest BCUT2D eigenvalue weighted by Crippen LogP contribution is 2.41. The maximum atomic E-state index is 11.9. The third-order valence-electron chi connectivity index (χ3n) is 3.27. The Balaban J connectivity index is 0.00000220. The number of nitrogens with two attached hydrogens (primary N) is 1. The van der Waals surface area contributed by atoms with E-state index in [4.69, 9.17) is 17.3 Å². The van der Waals surface area contributed by atoms with Crippen molar-refractivity contribution in [3.05, 3.63) is 34.9 Å². The number of hydrogen-bond donors (Lipinski definition) is 3. The molecule has 1 aliphatic carbocycles. The van der Waals surface area contributed by atoms with E-state index in [9.17, 15) is 9.59 Å². The molecule has 0 spiro atoms. The molecule has 1 aromatic rings. The molecule has 4 N–H and O–H groups in total. The van der Waals surface area contributed by atoms with Crippen LogP contribution in [0.3, 0.4) is 0 Å². The summed E-state index contributed by atoms with van der Waals surface area (Å²) in [5, 5.41) is 6.09. The molecule has 2 amide bonds. The van der Waals surface area contributed by atoms with Gasteiger partial charge >= 0.3 is 0 Å². The van der Waals surface area contributed by atoms with Crippen LogP contribution in [0.25, 0.3) is 0 Å². The molecular formula is C14H19Cl2N3O2. The molecule has 0 aromatic heterocycles. The van der Waals surface area contributed by atoms with Gasteiger partial charge in [-0.2, -0.15) is 0 Å². The first kappa shape index (κ1) is 17.8. The largest absolute Gasteiger partial charge is 0.347 e. The quantitative estimate of drug-likeness (QED) is 0.736. The number of benzene rings is 1. The van der Waals surface area contributed by atoms with E-state index in [-0.39, 0.29) is 43.4 Å². The molecule has 0 bridgehead atoms. The highest BCUT2D eigenvalue weighted by atomic mass is 35.5. The minimum atomic E-state index is -0.338. The molecule has 5 nitrogen and oxygen atoms in total. The molecule has 2 rings (SSSR count). The van der Waals surface area contributed by atoms with E-state index in [0.717, 1.165) is 18.4 Å². The summed E-state index contributed by atoms with van der Waals surface area (Å²) in [6, 6.07) is 7.45. The number of nitrogens with one attached hydrogen (secondary N) is 2. The van der Waals surface area contributed by atoms with Crippen molar-refractivity contribution in [1.82, 2.24) is 10.6 Å². The van der Waals surface area contributed by atoms with Gasteiger partial charge < -0.3 is 16.4 Å². The lowest BCUT2D eigenvalue weighted by atomic mass is 10.0. The number of rotatable bonds is 6. The lowest BCUT2D eigenvalue weighted by Gasteiger charge is -2.19. The van der Waals surface area contributed by atoms with Crippen LogP contribution in [0.4, 0.5) is 0 Å². The highest BCUT2D eigenvalue weighted by molar-refractivity contribution is 6.30. The van der Waals surface area contributed by atoms with E-state index < -0.39 is 0 Å². The second kappa shape index (κ2) is 8.22. The molecule has 1 saturated carbocycles. The maximum Gasteiger partial charge on any atom is 0.239 e. The normalized spacial score (nSPS) is 14.8. The molecule has 116 valence electrons. The molecule has 1 fully saturated rings. The number of amides is 2. The van der Waals surface area contributed by atoms with Crippen molar-refractivity contribution in [1.29, 1.82) is 0 Å². The van der Waals surface area contributed by atoms with Crippen LogP contribution < -0.4 is 16.4 Å². The van der Waals surface area contributed by atoms with Gasteiger partial charge in [-0.1, -0.05) is 23.7 Å². The first-order valence-electron chi connectivity index (χ1n) is 6.61. The van der Waals surface area contributed by atoms with Crippen molar-refractivity contribution < 1.29 is 9.59 Å². The lowest BCUT2D eigenvalue weighted by Crippen LogP contribution is -2.41. The van der Waals surface area contributed by atoms with E-state index in [1.54, 1.807) is 0 Å². The fourth-order valence-corrected chi connectivity index (χ4v) is 2.17. The third-order valence-corrected chi connectivity index (χ3v) is 3.52. The van der Waals surface area contributed by atoms with Crippen LogP contribution in [0.2, 0.25) is 5.02 Å². The van der Waals surface area contributed by atoms with E-state index in [0.29, 0.717) is 10.9 Å². The van der Waals surface area contributed by atoms with Crippen molar-refractivity contribution in [3.8, 4) is 0 Å². The van der Waals surface area contributed by atoms with Crippen molar-refractivity contribution in [2.24, 2.45) is 11.7 Å². The minimum absolute atomic E-state index is 0. The fraction of sp³-hybridized carbons (Fsp3) is 0.429. The van der Waals surface area contributed by atoms with E-state index in [1.807, 2.05) is 24.3 Å². The van der Waals surface area contributed by atoms with Gasteiger partial charge in [-0.05, 0) is 36.5 Å². The van der Waals surface area contributed by atoms with Crippen LogP contribution >= 0.6 is 24.0 Å². The molecule has 0 heterocycles. The summed E-state index contributed by atoms with van der Waals surface area (Å²) in [5.41, 5.74) is 6.20. The summed E-state index contributed by atoms with van der Waals surface area (Å²) in [5.74, 6) is -0.0846. The minimum Gasteiger partial charge on any atom is -0.347 e. The van der Waals surface area contributed by atoms with Crippen molar-refractivity contribution >= 4 is 35.8 Å². The highest BCUT2D eigenvalue weighted by Gasteiger charge is 2.33. The first-order chi connectivity index (χ1) is 9.60.